The number of nitrogens with two attached hydrogens (primary N) is 1. The SMILES string of the molecule is CCc1ccc(-c2cccc(-c3ccc(N)cc3)c2)cc1. The van der Waals surface area contributed by atoms with Crippen molar-refractivity contribution in [1.29, 1.82) is 0 Å². The van der Waals surface area contributed by atoms with Gasteiger partial charge in [-0.3, -0.25) is 0 Å². The van der Waals surface area contributed by atoms with E-state index >= 15 is 0 Å². The van der Waals surface area contributed by atoms with Crippen molar-refractivity contribution in [3.8, 4) is 22.3 Å². The zero-order chi connectivity index (χ0) is 14.7. The van der Waals surface area contributed by atoms with Crippen LogP contribution < -0.4 is 5.73 Å². The normalized spacial score (nSPS) is 10.5. The van der Waals surface area contributed by atoms with E-state index in [0.29, 0.717) is 0 Å². The summed E-state index contributed by atoms with van der Waals surface area (Å²) < 4.78 is 0. The fraction of sp³-hybridized carbons (Fsp3) is 0.100. The lowest BCUT2D eigenvalue weighted by Gasteiger charge is -2.07. The smallest absolute Gasteiger partial charge is 0.0314 e. The Balaban J connectivity index is 1.97. The fourth-order valence-corrected chi connectivity index (χ4v) is 2.49. The van der Waals surface area contributed by atoms with Gasteiger partial charge >= 0.3 is 0 Å². The molecule has 0 saturated heterocycles. The lowest BCUT2D eigenvalue weighted by molar-refractivity contribution is 1.14. The van der Waals surface area contributed by atoms with Crippen LogP contribution in [0.15, 0.2) is 72.8 Å². The van der Waals surface area contributed by atoms with Gasteiger partial charge in [-0.1, -0.05) is 61.5 Å². The summed E-state index contributed by atoms with van der Waals surface area (Å²) in [5.41, 5.74) is 12.8. The first-order valence-electron chi connectivity index (χ1n) is 7.31. The molecule has 1 heteroatoms. The average molecular weight is 273 g/mol. The highest BCUT2D eigenvalue weighted by molar-refractivity contribution is 5.73. The Morgan fingerprint density at radius 3 is 1.71 bits per heavy atom. The van der Waals surface area contributed by atoms with Gasteiger partial charge in [0.2, 0.25) is 0 Å². The van der Waals surface area contributed by atoms with E-state index in [2.05, 4.69) is 67.6 Å². The summed E-state index contributed by atoms with van der Waals surface area (Å²) >= 11 is 0. The molecule has 21 heavy (non-hydrogen) atoms. The van der Waals surface area contributed by atoms with Gasteiger partial charge in [0.1, 0.15) is 0 Å². The third-order valence-electron chi connectivity index (χ3n) is 3.80. The van der Waals surface area contributed by atoms with Crippen LogP contribution in [0.3, 0.4) is 0 Å². The van der Waals surface area contributed by atoms with E-state index < -0.39 is 0 Å². The lowest BCUT2D eigenvalue weighted by Crippen LogP contribution is -1.85. The first-order valence-corrected chi connectivity index (χ1v) is 7.31. The maximum atomic E-state index is 5.75. The minimum atomic E-state index is 0.796. The number of hydrogen-bond acceptors (Lipinski definition) is 1. The fourth-order valence-electron chi connectivity index (χ4n) is 2.49. The van der Waals surface area contributed by atoms with Crippen LogP contribution in [0.2, 0.25) is 0 Å². The average Bonchev–Trinajstić information content (AvgIpc) is 2.56. The van der Waals surface area contributed by atoms with E-state index in [-0.39, 0.29) is 0 Å². The predicted molar refractivity (Wildman–Crippen MR) is 91.1 cm³/mol. The molecule has 0 saturated carbocycles. The molecule has 0 heterocycles. The largest absolute Gasteiger partial charge is 0.399 e. The quantitative estimate of drug-likeness (QED) is 0.655. The first kappa shape index (κ1) is 13.4. The maximum Gasteiger partial charge on any atom is 0.0314 e. The Hall–Kier alpha value is -2.54. The highest BCUT2D eigenvalue weighted by atomic mass is 14.5. The summed E-state index contributed by atoms with van der Waals surface area (Å²) in [5.74, 6) is 0. The lowest BCUT2D eigenvalue weighted by atomic mass is 9.98. The van der Waals surface area contributed by atoms with E-state index in [9.17, 15) is 0 Å². The second-order valence-corrected chi connectivity index (χ2v) is 5.25. The number of benzene rings is 3. The summed E-state index contributed by atoms with van der Waals surface area (Å²) in [6, 6.07) is 25.4. The van der Waals surface area contributed by atoms with E-state index in [1.807, 2.05) is 12.1 Å². The summed E-state index contributed by atoms with van der Waals surface area (Å²) in [6.07, 6.45) is 1.08. The van der Waals surface area contributed by atoms with Crippen LogP contribution in [0.4, 0.5) is 5.69 Å². The molecule has 3 aromatic carbocycles. The van der Waals surface area contributed by atoms with Crippen LogP contribution in [0, 0.1) is 0 Å². The van der Waals surface area contributed by atoms with Crippen LogP contribution in [0.25, 0.3) is 22.3 Å². The van der Waals surface area contributed by atoms with E-state index in [4.69, 9.17) is 5.73 Å². The molecule has 3 rings (SSSR count). The molecule has 0 aromatic heterocycles. The molecule has 0 radical (unpaired) electrons. The van der Waals surface area contributed by atoms with Gasteiger partial charge in [0.15, 0.2) is 0 Å². The van der Waals surface area contributed by atoms with Crippen LogP contribution in [0.1, 0.15) is 12.5 Å². The Morgan fingerprint density at radius 2 is 1.19 bits per heavy atom. The minimum absolute atomic E-state index is 0.796. The molecular formula is C20H19N. The van der Waals surface area contributed by atoms with Crippen molar-refractivity contribution in [2.24, 2.45) is 0 Å². The van der Waals surface area contributed by atoms with Crippen molar-refractivity contribution >= 4 is 5.69 Å². The second kappa shape index (κ2) is 5.84. The molecule has 0 unspecified atom stereocenters. The maximum absolute atomic E-state index is 5.75. The van der Waals surface area contributed by atoms with Crippen molar-refractivity contribution in [2.45, 2.75) is 13.3 Å². The summed E-state index contributed by atoms with van der Waals surface area (Å²) in [5, 5.41) is 0. The first-order chi connectivity index (χ1) is 10.3. The highest BCUT2D eigenvalue weighted by Crippen LogP contribution is 2.27. The van der Waals surface area contributed by atoms with Gasteiger partial charge in [0, 0.05) is 5.69 Å². The van der Waals surface area contributed by atoms with Crippen molar-refractivity contribution in [2.75, 3.05) is 5.73 Å². The van der Waals surface area contributed by atoms with Crippen LogP contribution in [-0.4, -0.2) is 0 Å². The van der Waals surface area contributed by atoms with Gasteiger partial charge in [-0.05, 0) is 52.4 Å². The Bertz CT molecular complexity index is 725. The third-order valence-corrected chi connectivity index (χ3v) is 3.80. The number of nitrogen functional groups attached to an aromatic ring is 1. The monoisotopic (exact) mass is 273 g/mol. The van der Waals surface area contributed by atoms with Gasteiger partial charge in [0.25, 0.3) is 0 Å². The zero-order valence-electron chi connectivity index (χ0n) is 12.2. The summed E-state index contributed by atoms with van der Waals surface area (Å²) in [4.78, 5) is 0. The van der Waals surface area contributed by atoms with Crippen molar-refractivity contribution in [1.82, 2.24) is 0 Å². The Morgan fingerprint density at radius 1 is 0.667 bits per heavy atom. The van der Waals surface area contributed by atoms with E-state index in [1.54, 1.807) is 0 Å². The molecule has 1 nitrogen and oxygen atoms in total. The van der Waals surface area contributed by atoms with Crippen molar-refractivity contribution in [3.05, 3.63) is 78.4 Å². The van der Waals surface area contributed by atoms with Crippen LogP contribution in [-0.2, 0) is 6.42 Å². The molecule has 0 aliphatic heterocycles. The number of aryl methyl sites for hydroxylation is 1. The molecular weight excluding hydrogens is 254 g/mol. The molecule has 2 N–H and O–H groups in total. The van der Waals surface area contributed by atoms with Crippen LogP contribution in [0.5, 0.6) is 0 Å². The van der Waals surface area contributed by atoms with Crippen molar-refractivity contribution in [3.63, 3.8) is 0 Å². The van der Waals surface area contributed by atoms with Crippen molar-refractivity contribution < 1.29 is 0 Å². The molecule has 0 aliphatic carbocycles. The van der Waals surface area contributed by atoms with Crippen LogP contribution >= 0.6 is 0 Å². The molecule has 0 bridgehead atoms. The highest BCUT2D eigenvalue weighted by Gasteiger charge is 2.02. The Kier molecular flexibility index (Phi) is 3.74. The number of rotatable bonds is 3. The van der Waals surface area contributed by atoms with E-state index in [1.165, 1.54) is 27.8 Å². The molecule has 0 aliphatic rings. The summed E-state index contributed by atoms with van der Waals surface area (Å²) in [6.45, 7) is 2.18. The minimum Gasteiger partial charge on any atom is -0.399 e. The molecule has 0 amide bonds. The topological polar surface area (TPSA) is 26.0 Å². The van der Waals surface area contributed by atoms with E-state index in [0.717, 1.165) is 12.1 Å². The zero-order valence-corrected chi connectivity index (χ0v) is 12.2. The second-order valence-electron chi connectivity index (χ2n) is 5.25. The van der Waals surface area contributed by atoms with Gasteiger partial charge in [-0.25, -0.2) is 0 Å². The molecule has 104 valence electrons. The predicted octanol–water partition coefficient (Wildman–Crippen LogP) is 5.17. The molecule has 0 spiro atoms. The van der Waals surface area contributed by atoms with Gasteiger partial charge in [-0.15, -0.1) is 0 Å². The molecule has 0 fully saturated rings. The number of hydrogen-bond donors (Lipinski definition) is 1. The molecule has 0 atom stereocenters. The number of anilines is 1. The summed E-state index contributed by atoms with van der Waals surface area (Å²) in [7, 11) is 0. The third kappa shape index (κ3) is 2.97. The van der Waals surface area contributed by atoms with Gasteiger partial charge < -0.3 is 5.73 Å². The Labute approximate surface area is 126 Å². The molecule has 3 aromatic rings. The standard InChI is InChI=1S/C20H19N/c1-2-15-6-8-16(9-7-15)18-4-3-5-19(14-18)17-10-12-20(21)13-11-17/h3-14H,2,21H2,1H3. The van der Waals surface area contributed by atoms with Gasteiger partial charge in [0.05, 0.1) is 0 Å². The van der Waals surface area contributed by atoms with Gasteiger partial charge in [-0.2, -0.15) is 0 Å².